The molecular formula is C10H21NO2. The third-order valence-electron chi connectivity index (χ3n) is 2.06. The van der Waals surface area contributed by atoms with Crippen LogP contribution in [0.2, 0.25) is 0 Å². The van der Waals surface area contributed by atoms with Gasteiger partial charge in [0.25, 0.3) is 0 Å². The molecule has 1 amide bonds. The second-order valence-electron chi connectivity index (χ2n) is 3.29. The van der Waals surface area contributed by atoms with Crippen LogP contribution in [-0.4, -0.2) is 35.6 Å². The molecular weight excluding hydrogens is 166 g/mol. The minimum absolute atomic E-state index is 0.115. The summed E-state index contributed by atoms with van der Waals surface area (Å²) in [5.74, 6) is 0.115. The molecule has 0 radical (unpaired) electrons. The van der Waals surface area contributed by atoms with Gasteiger partial charge in [0.15, 0.2) is 0 Å². The molecule has 0 fully saturated rings. The predicted molar refractivity (Wildman–Crippen MR) is 53.5 cm³/mol. The van der Waals surface area contributed by atoms with Crippen LogP contribution in [0.5, 0.6) is 0 Å². The second-order valence-corrected chi connectivity index (χ2v) is 3.29. The molecule has 0 atom stereocenters. The topological polar surface area (TPSA) is 40.5 Å². The number of rotatable bonds is 7. The number of unbranched alkanes of at least 4 members (excludes halogenated alkanes) is 2. The average Bonchev–Trinajstić information content (AvgIpc) is 2.10. The van der Waals surface area contributed by atoms with Gasteiger partial charge < -0.3 is 10.0 Å². The molecule has 0 aliphatic carbocycles. The minimum Gasteiger partial charge on any atom is -0.396 e. The Hall–Kier alpha value is -0.570. The highest BCUT2D eigenvalue weighted by Gasteiger charge is 2.06. The van der Waals surface area contributed by atoms with Crippen molar-refractivity contribution in [2.24, 2.45) is 0 Å². The number of nitrogens with zero attached hydrogens (tertiary/aromatic N) is 1. The second kappa shape index (κ2) is 8.05. The number of aliphatic hydroxyl groups is 1. The molecule has 0 aromatic heterocycles. The van der Waals surface area contributed by atoms with E-state index in [-0.39, 0.29) is 12.5 Å². The third kappa shape index (κ3) is 6.58. The molecule has 0 heterocycles. The van der Waals surface area contributed by atoms with Gasteiger partial charge in [-0.1, -0.05) is 19.8 Å². The average molecular weight is 187 g/mol. The number of carbonyl (C=O) groups excluding carboxylic acids is 1. The lowest BCUT2D eigenvalue weighted by molar-refractivity contribution is -0.129. The predicted octanol–water partition coefficient (Wildman–Crippen LogP) is 1.41. The van der Waals surface area contributed by atoms with Crippen molar-refractivity contribution in [1.82, 2.24) is 4.90 Å². The molecule has 78 valence electrons. The third-order valence-corrected chi connectivity index (χ3v) is 2.06. The molecule has 0 bridgehead atoms. The van der Waals surface area contributed by atoms with Gasteiger partial charge in [-0.3, -0.25) is 4.79 Å². The van der Waals surface area contributed by atoms with Crippen LogP contribution in [0.3, 0.4) is 0 Å². The Morgan fingerprint density at radius 3 is 2.31 bits per heavy atom. The van der Waals surface area contributed by atoms with E-state index in [1.165, 1.54) is 12.8 Å². The summed E-state index contributed by atoms with van der Waals surface area (Å²) in [4.78, 5) is 12.9. The largest absolute Gasteiger partial charge is 0.396 e. The van der Waals surface area contributed by atoms with Crippen molar-refractivity contribution >= 4 is 5.91 Å². The van der Waals surface area contributed by atoms with Crippen LogP contribution >= 0.6 is 0 Å². The van der Waals surface area contributed by atoms with Crippen LogP contribution in [0.1, 0.15) is 39.5 Å². The number of hydrogen-bond acceptors (Lipinski definition) is 2. The first kappa shape index (κ1) is 12.4. The van der Waals surface area contributed by atoms with Crippen molar-refractivity contribution in [3.05, 3.63) is 0 Å². The molecule has 0 rings (SSSR count). The van der Waals surface area contributed by atoms with E-state index < -0.39 is 0 Å². The van der Waals surface area contributed by atoms with E-state index in [1.807, 2.05) is 4.90 Å². The Morgan fingerprint density at radius 2 is 1.85 bits per heavy atom. The summed E-state index contributed by atoms with van der Waals surface area (Å²) >= 11 is 0. The van der Waals surface area contributed by atoms with E-state index in [4.69, 9.17) is 5.11 Å². The highest BCUT2D eigenvalue weighted by Crippen LogP contribution is 1.99. The standard InChI is InChI=1S/C10H21NO2/c1-3-4-5-7-11(10(2)13)8-6-9-12/h12H,3-9H2,1-2H3. The maximum atomic E-state index is 11.1. The van der Waals surface area contributed by atoms with Gasteiger partial charge in [-0.15, -0.1) is 0 Å². The lowest BCUT2D eigenvalue weighted by atomic mass is 10.2. The summed E-state index contributed by atoms with van der Waals surface area (Å²) in [6.07, 6.45) is 4.10. The molecule has 0 unspecified atom stereocenters. The number of aliphatic hydroxyl groups excluding tert-OH is 1. The van der Waals surface area contributed by atoms with Crippen molar-refractivity contribution in [3.8, 4) is 0 Å². The van der Waals surface area contributed by atoms with E-state index in [2.05, 4.69) is 6.92 Å². The smallest absolute Gasteiger partial charge is 0.219 e. The van der Waals surface area contributed by atoms with E-state index in [9.17, 15) is 4.79 Å². The van der Waals surface area contributed by atoms with E-state index in [0.29, 0.717) is 13.0 Å². The van der Waals surface area contributed by atoms with E-state index in [0.717, 1.165) is 13.0 Å². The van der Waals surface area contributed by atoms with Crippen molar-refractivity contribution in [2.75, 3.05) is 19.7 Å². The number of hydrogen-bond donors (Lipinski definition) is 1. The summed E-state index contributed by atoms with van der Waals surface area (Å²) < 4.78 is 0. The zero-order chi connectivity index (χ0) is 10.1. The summed E-state index contributed by atoms with van der Waals surface area (Å²) in [7, 11) is 0. The number of carbonyl (C=O) groups is 1. The van der Waals surface area contributed by atoms with E-state index in [1.54, 1.807) is 6.92 Å². The normalized spacial score (nSPS) is 10.1. The molecule has 3 heteroatoms. The molecule has 0 aromatic rings. The highest BCUT2D eigenvalue weighted by molar-refractivity contribution is 5.73. The minimum atomic E-state index is 0.115. The Bertz CT molecular complexity index is 137. The fourth-order valence-corrected chi connectivity index (χ4v) is 1.24. The van der Waals surface area contributed by atoms with Gasteiger partial charge in [-0.25, -0.2) is 0 Å². The molecule has 0 saturated heterocycles. The van der Waals surface area contributed by atoms with Crippen LogP contribution in [0.4, 0.5) is 0 Å². The lowest BCUT2D eigenvalue weighted by Crippen LogP contribution is -2.31. The molecule has 1 N–H and O–H groups in total. The van der Waals surface area contributed by atoms with Gasteiger partial charge in [0.2, 0.25) is 5.91 Å². The van der Waals surface area contributed by atoms with Gasteiger partial charge in [-0.2, -0.15) is 0 Å². The maximum absolute atomic E-state index is 11.1. The van der Waals surface area contributed by atoms with Crippen LogP contribution in [0, 0.1) is 0 Å². The number of amides is 1. The molecule has 0 spiro atoms. The zero-order valence-corrected chi connectivity index (χ0v) is 8.75. The highest BCUT2D eigenvalue weighted by atomic mass is 16.3. The molecule has 0 aliphatic rings. The Morgan fingerprint density at radius 1 is 1.23 bits per heavy atom. The molecule has 3 nitrogen and oxygen atoms in total. The Kier molecular flexibility index (Phi) is 7.69. The summed E-state index contributed by atoms with van der Waals surface area (Å²) in [5.41, 5.74) is 0. The first-order valence-corrected chi connectivity index (χ1v) is 5.08. The van der Waals surface area contributed by atoms with Gasteiger partial charge >= 0.3 is 0 Å². The van der Waals surface area contributed by atoms with Crippen LogP contribution in [-0.2, 0) is 4.79 Å². The SMILES string of the molecule is CCCCCN(CCCO)C(C)=O. The van der Waals surface area contributed by atoms with Gasteiger partial charge in [-0.05, 0) is 12.8 Å². The fraction of sp³-hybridized carbons (Fsp3) is 0.900. The van der Waals surface area contributed by atoms with Crippen LogP contribution < -0.4 is 0 Å². The first-order valence-electron chi connectivity index (χ1n) is 5.08. The van der Waals surface area contributed by atoms with Crippen molar-refractivity contribution in [3.63, 3.8) is 0 Å². The van der Waals surface area contributed by atoms with Crippen molar-refractivity contribution < 1.29 is 9.90 Å². The van der Waals surface area contributed by atoms with Gasteiger partial charge in [0.05, 0.1) is 0 Å². The molecule has 0 aliphatic heterocycles. The molecule has 13 heavy (non-hydrogen) atoms. The fourth-order valence-electron chi connectivity index (χ4n) is 1.24. The zero-order valence-electron chi connectivity index (χ0n) is 8.75. The summed E-state index contributed by atoms with van der Waals surface area (Å²) in [5, 5.41) is 8.63. The van der Waals surface area contributed by atoms with Gasteiger partial charge in [0, 0.05) is 26.6 Å². The summed E-state index contributed by atoms with van der Waals surface area (Å²) in [6.45, 7) is 5.42. The van der Waals surface area contributed by atoms with Crippen molar-refractivity contribution in [2.45, 2.75) is 39.5 Å². The quantitative estimate of drug-likeness (QED) is 0.612. The molecule has 0 saturated carbocycles. The monoisotopic (exact) mass is 187 g/mol. The Balaban J connectivity index is 3.61. The lowest BCUT2D eigenvalue weighted by Gasteiger charge is -2.20. The Labute approximate surface area is 80.7 Å². The van der Waals surface area contributed by atoms with E-state index >= 15 is 0 Å². The van der Waals surface area contributed by atoms with Crippen LogP contribution in [0.25, 0.3) is 0 Å². The summed E-state index contributed by atoms with van der Waals surface area (Å²) in [6, 6.07) is 0. The first-order chi connectivity index (χ1) is 6.22. The maximum Gasteiger partial charge on any atom is 0.219 e. The van der Waals surface area contributed by atoms with Crippen LogP contribution in [0.15, 0.2) is 0 Å². The van der Waals surface area contributed by atoms with Gasteiger partial charge in [0.1, 0.15) is 0 Å². The van der Waals surface area contributed by atoms with Crippen molar-refractivity contribution in [1.29, 1.82) is 0 Å². The molecule has 0 aromatic carbocycles.